The summed E-state index contributed by atoms with van der Waals surface area (Å²) in [6.07, 6.45) is 3.48. The maximum absolute atomic E-state index is 12.7. The molecule has 1 N–H and O–H groups in total. The van der Waals surface area contributed by atoms with Gasteiger partial charge in [0.25, 0.3) is 0 Å². The molecule has 0 saturated carbocycles. The van der Waals surface area contributed by atoms with Crippen LogP contribution in [-0.2, 0) is 16.1 Å². The number of hydrogen-bond donors (Lipinski definition) is 1. The molecule has 7 heteroatoms. The molecule has 132 valence electrons. The SMILES string of the molecule is CC[C@H](C(=O)NCCN1CCCC1)N1C(=O)CCn2nc(C)cc21. The van der Waals surface area contributed by atoms with Crippen LogP contribution < -0.4 is 10.2 Å². The quantitative estimate of drug-likeness (QED) is 0.840. The van der Waals surface area contributed by atoms with E-state index in [1.165, 1.54) is 12.8 Å². The Morgan fingerprint density at radius 3 is 2.79 bits per heavy atom. The zero-order chi connectivity index (χ0) is 17.1. The molecule has 2 aliphatic rings. The summed E-state index contributed by atoms with van der Waals surface area (Å²) in [5.74, 6) is 0.673. The number of aryl methyl sites for hydroxylation is 2. The molecule has 7 nitrogen and oxygen atoms in total. The van der Waals surface area contributed by atoms with E-state index < -0.39 is 6.04 Å². The van der Waals surface area contributed by atoms with Gasteiger partial charge in [-0.3, -0.25) is 14.5 Å². The minimum absolute atomic E-state index is 0.00365. The lowest BCUT2D eigenvalue weighted by Crippen LogP contribution is -2.52. The van der Waals surface area contributed by atoms with Gasteiger partial charge in [0.1, 0.15) is 11.9 Å². The summed E-state index contributed by atoms with van der Waals surface area (Å²) >= 11 is 0. The first-order valence-electron chi connectivity index (χ1n) is 8.96. The second-order valence-corrected chi connectivity index (χ2v) is 6.64. The largest absolute Gasteiger partial charge is 0.353 e. The third-order valence-electron chi connectivity index (χ3n) is 4.86. The van der Waals surface area contributed by atoms with Crippen molar-refractivity contribution in [1.82, 2.24) is 20.0 Å². The molecule has 1 aromatic heterocycles. The van der Waals surface area contributed by atoms with E-state index in [2.05, 4.69) is 15.3 Å². The van der Waals surface area contributed by atoms with E-state index in [9.17, 15) is 9.59 Å². The lowest BCUT2D eigenvalue weighted by molar-refractivity contribution is -0.127. The van der Waals surface area contributed by atoms with Crippen molar-refractivity contribution in [2.45, 2.75) is 52.1 Å². The average molecular weight is 333 g/mol. The Balaban J connectivity index is 1.65. The minimum Gasteiger partial charge on any atom is -0.353 e. The summed E-state index contributed by atoms with van der Waals surface area (Å²) in [5.41, 5.74) is 0.869. The molecule has 2 amide bonds. The molecule has 1 saturated heterocycles. The number of nitrogens with one attached hydrogen (secondary N) is 1. The van der Waals surface area contributed by atoms with Gasteiger partial charge in [0.2, 0.25) is 11.8 Å². The first-order chi connectivity index (χ1) is 11.6. The van der Waals surface area contributed by atoms with Crippen molar-refractivity contribution >= 4 is 17.6 Å². The van der Waals surface area contributed by atoms with Gasteiger partial charge in [0, 0.05) is 25.6 Å². The first-order valence-corrected chi connectivity index (χ1v) is 8.96. The van der Waals surface area contributed by atoms with E-state index in [1.807, 2.05) is 24.6 Å². The van der Waals surface area contributed by atoms with Gasteiger partial charge in [0.15, 0.2) is 0 Å². The number of amides is 2. The smallest absolute Gasteiger partial charge is 0.243 e. The first kappa shape index (κ1) is 17.0. The predicted octanol–water partition coefficient (Wildman–Crippen LogP) is 0.919. The van der Waals surface area contributed by atoms with Crippen molar-refractivity contribution in [3.8, 4) is 0 Å². The van der Waals surface area contributed by atoms with Crippen LogP contribution in [-0.4, -0.2) is 58.7 Å². The highest BCUT2D eigenvalue weighted by Crippen LogP contribution is 2.25. The summed E-state index contributed by atoms with van der Waals surface area (Å²) in [5, 5.41) is 7.42. The number of rotatable bonds is 6. The molecule has 0 radical (unpaired) electrons. The molecule has 1 fully saturated rings. The molecule has 24 heavy (non-hydrogen) atoms. The Bertz CT molecular complexity index is 606. The molecule has 0 aromatic carbocycles. The summed E-state index contributed by atoms with van der Waals surface area (Å²) in [6.45, 7) is 8.20. The fourth-order valence-corrected chi connectivity index (χ4v) is 3.62. The number of carbonyl (C=O) groups is 2. The number of anilines is 1. The van der Waals surface area contributed by atoms with Crippen molar-refractivity contribution in [2.75, 3.05) is 31.1 Å². The second kappa shape index (κ2) is 7.34. The molecule has 3 heterocycles. The van der Waals surface area contributed by atoms with Gasteiger partial charge in [-0.1, -0.05) is 6.92 Å². The summed E-state index contributed by atoms with van der Waals surface area (Å²) in [6, 6.07) is 1.42. The van der Waals surface area contributed by atoms with Crippen molar-refractivity contribution in [3.63, 3.8) is 0 Å². The molecule has 0 spiro atoms. The molecule has 0 unspecified atom stereocenters. The highest BCUT2D eigenvalue weighted by Gasteiger charge is 2.34. The fraction of sp³-hybridized carbons (Fsp3) is 0.706. The summed E-state index contributed by atoms with van der Waals surface area (Å²) in [7, 11) is 0. The Morgan fingerprint density at radius 2 is 2.08 bits per heavy atom. The van der Waals surface area contributed by atoms with Crippen LogP contribution >= 0.6 is 0 Å². The van der Waals surface area contributed by atoms with Gasteiger partial charge >= 0.3 is 0 Å². The average Bonchev–Trinajstić information content (AvgIpc) is 3.19. The molecular formula is C17H27N5O2. The topological polar surface area (TPSA) is 70.5 Å². The zero-order valence-electron chi connectivity index (χ0n) is 14.6. The van der Waals surface area contributed by atoms with Gasteiger partial charge in [-0.25, -0.2) is 4.68 Å². The third kappa shape index (κ3) is 3.45. The summed E-state index contributed by atoms with van der Waals surface area (Å²) < 4.78 is 1.83. The molecule has 1 atom stereocenters. The Labute approximate surface area is 143 Å². The lowest BCUT2D eigenvalue weighted by atomic mass is 10.1. The van der Waals surface area contributed by atoms with Crippen LogP contribution in [0.1, 0.15) is 38.3 Å². The third-order valence-corrected chi connectivity index (χ3v) is 4.86. The van der Waals surface area contributed by atoms with E-state index in [-0.39, 0.29) is 11.8 Å². The van der Waals surface area contributed by atoms with E-state index in [0.717, 1.165) is 31.1 Å². The van der Waals surface area contributed by atoms with E-state index >= 15 is 0 Å². The molecular weight excluding hydrogens is 306 g/mol. The van der Waals surface area contributed by atoms with Crippen molar-refractivity contribution < 1.29 is 9.59 Å². The zero-order valence-corrected chi connectivity index (χ0v) is 14.6. The lowest BCUT2D eigenvalue weighted by Gasteiger charge is -2.33. The Kier molecular flexibility index (Phi) is 5.18. The van der Waals surface area contributed by atoms with Crippen LogP contribution in [0.4, 0.5) is 5.82 Å². The van der Waals surface area contributed by atoms with Gasteiger partial charge in [-0.2, -0.15) is 5.10 Å². The maximum atomic E-state index is 12.7. The fourth-order valence-electron chi connectivity index (χ4n) is 3.62. The molecule has 2 aliphatic heterocycles. The van der Waals surface area contributed by atoms with E-state index in [1.54, 1.807) is 4.90 Å². The Morgan fingerprint density at radius 1 is 1.33 bits per heavy atom. The maximum Gasteiger partial charge on any atom is 0.243 e. The summed E-state index contributed by atoms with van der Waals surface area (Å²) in [4.78, 5) is 29.1. The second-order valence-electron chi connectivity index (χ2n) is 6.64. The van der Waals surface area contributed by atoms with E-state index in [4.69, 9.17) is 0 Å². The molecule has 0 aliphatic carbocycles. The van der Waals surface area contributed by atoms with Gasteiger partial charge in [0.05, 0.1) is 12.2 Å². The van der Waals surface area contributed by atoms with Crippen LogP contribution in [0.5, 0.6) is 0 Å². The van der Waals surface area contributed by atoms with Crippen LogP contribution in [0.25, 0.3) is 0 Å². The number of hydrogen-bond acceptors (Lipinski definition) is 4. The van der Waals surface area contributed by atoms with Crippen LogP contribution in [0.2, 0.25) is 0 Å². The van der Waals surface area contributed by atoms with Gasteiger partial charge in [-0.05, 0) is 39.3 Å². The predicted molar refractivity (Wildman–Crippen MR) is 91.8 cm³/mol. The van der Waals surface area contributed by atoms with Crippen molar-refractivity contribution in [1.29, 1.82) is 0 Å². The Hall–Kier alpha value is -1.89. The molecule has 1 aromatic rings. The van der Waals surface area contributed by atoms with Crippen molar-refractivity contribution in [3.05, 3.63) is 11.8 Å². The number of nitrogens with zero attached hydrogens (tertiary/aromatic N) is 4. The van der Waals surface area contributed by atoms with Crippen molar-refractivity contribution in [2.24, 2.45) is 0 Å². The number of aromatic nitrogens is 2. The molecule has 3 rings (SSSR count). The highest BCUT2D eigenvalue weighted by atomic mass is 16.2. The number of fused-ring (bicyclic) bond motifs is 1. The minimum atomic E-state index is -0.466. The number of likely N-dealkylation sites (tertiary alicyclic amines) is 1. The van der Waals surface area contributed by atoms with Gasteiger partial charge in [-0.15, -0.1) is 0 Å². The highest BCUT2D eigenvalue weighted by molar-refractivity contribution is 6.00. The number of carbonyl (C=O) groups excluding carboxylic acids is 2. The normalized spacial score (nSPS) is 19.4. The molecule has 0 bridgehead atoms. The standard InChI is InChI=1S/C17H27N5O2/c1-3-14(17(24)18-7-11-20-8-4-5-9-20)22-15-12-13(2)19-21(15)10-6-16(22)23/h12,14H,3-11H2,1-2H3,(H,18,24)/t14-/m1/s1. The van der Waals surface area contributed by atoms with Gasteiger partial charge < -0.3 is 10.2 Å². The van der Waals surface area contributed by atoms with Crippen LogP contribution in [0, 0.1) is 6.92 Å². The van der Waals surface area contributed by atoms with Crippen LogP contribution in [0.3, 0.4) is 0 Å². The van der Waals surface area contributed by atoms with Crippen LogP contribution in [0.15, 0.2) is 6.07 Å². The van der Waals surface area contributed by atoms with E-state index in [0.29, 0.717) is 25.9 Å². The monoisotopic (exact) mass is 333 g/mol.